The number of hydrogen-bond acceptors (Lipinski definition) is 7. The van der Waals surface area contributed by atoms with Crippen LogP contribution in [0.2, 0.25) is 0 Å². The van der Waals surface area contributed by atoms with Gasteiger partial charge in [0.1, 0.15) is 24.1 Å². The van der Waals surface area contributed by atoms with Crippen LogP contribution < -0.4 is 4.74 Å². The number of hydrogen-bond donors (Lipinski definition) is 4. The summed E-state index contributed by atoms with van der Waals surface area (Å²) in [4.78, 5) is 0. The molecule has 1 heterocycles. The second kappa shape index (κ2) is 6.49. The van der Waals surface area contributed by atoms with Crippen LogP contribution in [0.3, 0.4) is 0 Å². The Labute approximate surface area is 115 Å². The van der Waals surface area contributed by atoms with Gasteiger partial charge in [0.15, 0.2) is 6.29 Å². The zero-order valence-corrected chi connectivity index (χ0v) is 10.9. The molecule has 1 fully saturated rings. The van der Waals surface area contributed by atoms with Crippen LogP contribution >= 0.6 is 0 Å². The first-order valence-electron chi connectivity index (χ1n) is 6.16. The first-order valence-corrected chi connectivity index (χ1v) is 6.16. The summed E-state index contributed by atoms with van der Waals surface area (Å²) < 4.78 is 15.6. The summed E-state index contributed by atoms with van der Waals surface area (Å²) >= 11 is 0. The molecule has 1 aliphatic heterocycles. The van der Waals surface area contributed by atoms with Gasteiger partial charge < -0.3 is 34.6 Å². The molecule has 1 aromatic carbocycles. The van der Waals surface area contributed by atoms with Gasteiger partial charge in [0, 0.05) is 12.7 Å². The molecular weight excluding hydrogens is 268 g/mol. The van der Waals surface area contributed by atoms with E-state index in [1.165, 1.54) is 7.11 Å². The van der Waals surface area contributed by atoms with Gasteiger partial charge in [-0.15, -0.1) is 0 Å². The standard InChI is InChI=1S/C13H18O7/c1-18-12-10(16)9(15)11(17)13(20-12)19-8-5-3-2-4-7(8)6-14/h2-5,9-17H,6H2,1H3. The summed E-state index contributed by atoms with van der Waals surface area (Å²) in [6.07, 6.45) is -6.60. The number of methoxy groups -OCH3 is 1. The third kappa shape index (κ3) is 2.93. The maximum absolute atomic E-state index is 9.87. The highest BCUT2D eigenvalue weighted by molar-refractivity contribution is 5.32. The minimum Gasteiger partial charge on any atom is -0.462 e. The molecule has 1 aliphatic rings. The van der Waals surface area contributed by atoms with Crippen LogP contribution in [0.25, 0.3) is 0 Å². The highest BCUT2D eigenvalue weighted by Gasteiger charge is 2.45. The van der Waals surface area contributed by atoms with E-state index in [4.69, 9.17) is 14.2 Å². The van der Waals surface area contributed by atoms with E-state index in [0.717, 1.165) is 0 Å². The molecule has 4 N–H and O–H groups in total. The normalized spacial score (nSPS) is 34.0. The molecule has 0 aliphatic carbocycles. The molecule has 0 saturated carbocycles. The van der Waals surface area contributed by atoms with Gasteiger partial charge in [0.2, 0.25) is 6.29 Å². The van der Waals surface area contributed by atoms with Crippen molar-refractivity contribution in [3.05, 3.63) is 29.8 Å². The van der Waals surface area contributed by atoms with Crippen molar-refractivity contribution in [1.82, 2.24) is 0 Å². The summed E-state index contributed by atoms with van der Waals surface area (Å²) in [6.45, 7) is -0.238. The van der Waals surface area contributed by atoms with E-state index < -0.39 is 30.9 Å². The fourth-order valence-corrected chi connectivity index (χ4v) is 1.98. The Bertz CT molecular complexity index is 436. The van der Waals surface area contributed by atoms with E-state index >= 15 is 0 Å². The van der Waals surface area contributed by atoms with Gasteiger partial charge >= 0.3 is 0 Å². The van der Waals surface area contributed by atoms with Crippen molar-refractivity contribution in [2.45, 2.75) is 37.5 Å². The molecule has 2 rings (SSSR count). The van der Waals surface area contributed by atoms with E-state index in [2.05, 4.69) is 0 Å². The molecule has 5 unspecified atom stereocenters. The van der Waals surface area contributed by atoms with Gasteiger partial charge in [-0.05, 0) is 6.07 Å². The molecule has 0 spiro atoms. The second-order valence-electron chi connectivity index (χ2n) is 4.46. The third-order valence-electron chi connectivity index (χ3n) is 3.14. The lowest BCUT2D eigenvalue weighted by molar-refractivity contribution is -0.327. The largest absolute Gasteiger partial charge is 0.462 e. The maximum atomic E-state index is 9.87. The molecular formula is C13H18O7. The molecule has 112 valence electrons. The number of aliphatic hydroxyl groups is 4. The Balaban J connectivity index is 2.15. The Morgan fingerprint density at radius 1 is 1.05 bits per heavy atom. The van der Waals surface area contributed by atoms with Gasteiger partial charge in [-0.1, -0.05) is 18.2 Å². The first-order chi connectivity index (χ1) is 9.58. The van der Waals surface area contributed by atoms with Crippen molar-refractivity contribution in [3.63, 3.8) is 0 Å². The van der Waals surface area contributed by atoms with E-state index in [9.17, 15) is 20.4 Å². The van der Waals surface area contributed by atoms with Crippen LogP contribution in [-0.4, -0.2) is 58.4 Å². The fourth-order valence-electron chi connectivity index (χ4n) is 1.98. The van der Waals surface area contributed by atoms with Crippen molar-refractivity contribution >= 4 is 0 Å². The zero-order chi connectivity index (χ0) is 14.7. The van der Waals surface area contributed by atoms with Crippen LogP contribution in [0.4, 0.5) is 0 Å². The average molecular weight is 286 g/mol. The summed E-state index contributed by atoms with van der Waals surface area (Å²) in [6, 6.07) is 6.68. The predicted octanol–water partition coefficient (Wildman–Crippen LogP) is -1.03. The summed E-state index contributed by atoms with van der Waals surface area (Å²) in [5.41, 5.74) is 0.512. The monoisotopic (exact) mass is 286 g/mol. The summed E-state index contributed by atoms with van der Waals surface area (Å²) in [5.74, 6) is 0.317. The van der Waals surface area contributed by atoms with Crippen molar-refractivity contribution in [2.75, 3.05) is 7.11 Å². The Hall–Kier alpha value is -1.22. The smallest absolute Gasteiger partial charge is 0.231 e. The van der Waals surface area contributed by atoms with Gasteiger partial charge in [0.25, 0.3) is 0 Å². The summed E-state index contributed by atoms with van der Waals surface area (Å²) in [7, 11) is 1.30. The number of ether oxygens (including phenoxy) is 3. The van der Waals surface area contributed by atoms with E-state index in [1.54, 1.807) is 24.3 Å². The SMILES string of the molecule is COC1OC(Oc2ccccc2CO)C(O)C(O)C1O. The van der Waals surface area contributed by atoms with Gasteiger partial charge in [0.05, 0.1) is 6.61 Å². The summed E-state index contributed by atoms with van der Waals surface area (Å²) in [5, 5.41) is 38.4. The van der Waals surface area contributed by atoms with Crippen LogP contribution in [0.15, 0.2) is 24.3 Å². The lowest BCUT2D eigenvalue weighted by Gasteiger charge is -2.39. The van der Waals surface area contributed by atoms with Crippen molar-refractivity contribution in [2.24, 2.45) is 0 Å². The molecule has 5 atom stereocenters. The molecule has 0 aromatic heterocycles. The molecule has 0 bridgehead atoms. The predicted molar refractivity (Wildman–Crippen MR) is 66.7 cm³/mol. The molecule has 0 amide bonds. The second-order valence-corrected chi connectivity index (χ2v) is 4.46. The van der Waals surface area contributed by atoms with Gasteiger partial charge in [-0.3, -0.25) is 0 Å². The lowest BCUT2D eigenvalue weighted by Crippen LogP contribution is -2.59. The van der Waals surface area contributed by atoms with E-state index in [1.807, 2.05) is 0 Å². The topological polar surface area (TPSA) is 109 Å². The Morgan fingerprint density at radius 2 is 1.70 bits per heavy atom. The van der Waals surface area contributed by atoms with Crippen molar-refractivity contribution < 1.29 is 34.6 Å². The third-order valence-corrected chi connectivity index (χ3v) is 3.14. The molecule has 7 heteroatoms. The number of para-hydroxylation sites is 1. The highest BCUT2D eigenvalue weighted by Crippen LogP contribution is 2.26. The average Bonchev–Trinajstić information content (AvgIpc) is 2.48. The van der Waals surface area contributed by atoms with Crippen LogP contribution in [0.1, 0.15) is 5.56 Å². The minimum atomic E-state index is -1.46. The zero-order valence-electron chi connectivity index (χ0n) is 10.9. The van der Waals surface area contributed by atoms with Gasteiger partial charge in [-0.25, -0.2) is 0 Å². The number of benzene rings is 1. The first kappa shape index (κ1) is 15.2. The maximum Gasteiger partial charge on any atom is 0.231 e. The van der Waals surface area contributed by atoms with Gasteiger partial charge in [-0.2, -0.15) is 0 Å². The minimum absolute atomic E-state index is 0.238. The molecule has 0 radical (unpaired) electrons. The molecule has 7 nitrogen and oxygen atoms in total. The van der Waals surface area contributed by atoms with Crippen molar-refractivity contribution in [1.29, 1.82) is 0 Å². The Kier molecular flexibility index (Phi) is 4.92. The van der Waals surface area contributed by atoms with E-state index in [-0.39, 0.29) is 6.61 Å². The van der Waals surface area contributed by atoms with Crippen molar-refractivity contribution in [3.8, 4) is 5.75 Å². The van der Waals surface area contributed by atoms with Crippen LogP contribution in [0, 0.1) is 0 Å². The van der Waals surface area contributed by atoms with Crippen LogP contribution in [-0.2, 0) is 16.1 Å². The highest BCUT2D eigenvalue weighted by atomic mass is 16.8. The van der Waals surface area contributed by atoms with E-state index in [0.29, 0.717) is 11.3 Å². The quantitative estimate of drug-likeness (QED) is 0.560. The van der Waals surface area contributed by atoms with Crippen LogP contribution in [0.5, 0.6) is 5.75 Å². The molecule has 1 aromatic rings. The molecule has 20 heavy (non-hydrogen) atoms. The lowest BCUT2D eigenvalue weighted by atomic mass is 10.0. The fraction of sp³-hybridized carbons (Fsp3) is 0.538. The molecule has 1 saturated heterocycles. The number of aliphatic hydroxyl groups excluding tert-OH is 4. The number of rotatable bonds is 4. The Morgan fingerprint density at radius 3 is 2.35 bits per heavy atom.